The maximum absolute atomic E-state index is 12.2. The van der Waals surface area contributed by atoms with E-state index in [1.54, 1.807) is 11.8 Å². The summed E-state index contributed by atoms with van der Waals surface area (Å²) in [4.78, 5) is 18.4. The number of aryl methyl sites for hydroxylation is 1. The van der Waals surface area contributed by atoms with Crippen LogP contribution in [-0.4, -0.2) is 40.4 Å². The number of pyridine rings is 1. The number of amides is 1. The Labute approximate surface area is 137 Å². The van der Waals surface area contributed by atoms with Crippen molar-refractivity contribution in [1.82, 2.24) is 9.88 Å². The van der Waals surface area contributed by atoms with Gasteiger partial charge in [0.25, 0.3) is 0 Å². The van der Waals surface area contributed by atoms with Crippen LogP contribution in [0.5, 0.6) is 0 Å². The molecule has 22 heavy (non-hydrogen) atoms. The Morgan fingerprint density at radius 1 is 1.50 bits per heavy atom. The summed E-state index contributed by atoms with van der Waals surface area (Å²) in [5.74, 6) is 1.50. The molecule has 0 aromatic carbocycles. The lowest BCUT2D eigenvalue weighted by molar-refractivity contribution is 0.0177. The van der Waals surface area contributed by atoms with Gasteiger partial charge in [-0.1, -0.05) is 0 Å². The second-order valence-electron chi connectivity index (χ2n) is 6.92. The van der Waals surface area contributed by atoms with Crippen LogP contribution in [0.25, 0.3) is 0 Å². The van der Waals surface area contributed by atoms with Crippen molar-refractivity contribution in [3.63, 3.8) is 0 Å². The van der Waals surface area contributed by atoms with E-state index in [9.17, 15) is 4.79 Å². The zero-order valence-electron chi connectivity index (χ0n) is 14.0. The number of aromatic nitrogens is 1. The SMILES string of the molecule is Cc1ccnc(SCC2CCCN(C(=O)OC(C)(C)C)C2)c1. The van der Waals surface area contributed by atoms with Crippen LogP contribution in [0.15, 0.2) is 23.4 Å². The van der Waals surface area contributed by atoms with Crippen molar-refractivity contribution in [1.29, 1.82) is 0 Å². The van der Waals surface area contributed by atoms with E-state index in [0.29, 0.717) is 5.92 Å². The number of carbonyl (C=O) groups is 1. The van der Waals surface area contributed by atoms with Crippen LogP contribution in [0.3, 0.4) is 0 Å². The first-order chi connectivity index (χ1) is 10.3. The van der Waals surface area contributed by atoms with E-state index in [-0.39, 0.29) is 6.09 Å². The number of hydrogen-bond acceptors (Lipinski definition) is 4. The first kappa shape index (κ1) is 17.1. The third kappa shape index (κ3) is 5.52. The number of nitrogens with zero attached hydrogens (tertiary/aromatic N) is 2. The van der Waals surface area contributed by atoms with Crippen molar-refractivity contribution in [2.75, 3.05) is 18.8 Å². The van der Waals surface area contributed by atoms with Crippen LogP contribution < -0.4 is 0 Å². The molecule has 2 heterocycles. The molecule has 0 aliphatic carbocycles. The number of rotatable bonds is 3. The summed E-state index contributed by atoms with van der Waals surface area (Å²) in [6.45, 7) is 9.39. The fourth-order valence-corrected chi connectivity index (χ4v) is 3.57. The predicted molar refractivity (Wildman–Crippen MR) is 90.2 cm³/mol. The Morgan fingerprint density at radius 3 is 2.95 bits per heavy atom. The number of ether oxygens (including phenoxy) is 1. The molecule has 122 valence electrons. The van der Waals surface area contributed by atoms with Gasteiger partial charge in [-0.2, -0.15) is 0 Å². The summed E-state index contributed by atoms with van der Waals surface area (Å²) in [6.07, 6.45) is 3.88. The van der Waals surface area contributed by atoms with E-state index in [4.69, 9.17) is 4.74 Å². The molecule has 1 fully saturated rings. The largest absolute Gasteiger partial charge is 0.444 e. The minimum absolute atomic E-state index is 0.184. The fraction of sp³-hybridized carbons (Fsp3) is 0.647. The quantitative estimate of drug-likeness (QED) is 0.785. The Kier molecular flexibility index (Phi) is 5.73. The predicted octanol–water partition coefficient (Wildman–Crippen LogP) is 4.13. The van der Waals surface area contributed by atoms with Crippen LogP contribution in [0.2, 0.25) is 0 Å². The molecule has 0 bridgehead atoms. The van der Waals surface area contributed by atoms with Crippen molar-refractivity contribution in [3.8, 4) is 0 Å². The molecular formula is C17H26N2O2S. The highest BCUT2D eigenvalue weighted by Gasteiger charge is 2.27. The highest BCUT2D eigenvalue weighted by molar-refractivity contribution is 7.99. The van der Waals surface area contributed by atoms with Crippen molar-refractivity contribution in [2.24, 2.45) is 5.92 Å². The zero-order valence-corrected chi connectivity index (χ0v) is 14.8. The number of thioether (sulfide) groups is 1. The number of hydrogen-bond donors (Lipinski definition) is 0. The van der Waals surface area contributed by atoms with Crippen molar-refractivity contribution >= 4 is 17.9 Å². The molecule has 1 aliphatic heterocycles. The zero-order chi connectivity index (χ0) is 16.2. The maximum atomic E-state index is 12.2. The normalized spacial score (nSPS) is 19.1. The highest BCUT2D eigenvalue weighted by atomic mass is 32.2. The number of likely N-dealkylation sites (tertiary alicyclic amines) is 1. The van der Waals surface area contributed by atoms with Crippen LogP contribution in [0.1, 0.15) is 39.2 Å². The third-order valence-corrected chi connectivity index (χ3v) is 4.69. The molecule has 5 heteroatoms. The number of carbonyl (C=O) groups excluding carboxylic acids is 1. The van der Waals surface area contributed by atoms with Crippen LogP contribution in [0.4, 0.5) is 4.79 Å². The van der Waals surface area contributed by atoms with E-state index < -0.39 is 5.60 Å². The van der Waals surface area contributed by atoms with E-state index in [0.717, 1.165) is 36.7 Å². The van der Waals surface area contributed by atoms with Gasteiger partial charge in [0.15, 0.2) is 0 Å². The second-order valence-corrected chi connectivity index (χ2v) is 7.96. The lowest BCUT2D eigenvalue weighted by Gasteiger charge is -2.34. The van der Waals surface area contributed by atoms with E-state index in [1.807, 2.05) is 37.9 Å². The molecule has 2 rings (SSSR count). The Bertz CT molecular complexity index is 514. The van der Waals surface area contributed by atoms with Gasteiger partial charge >= 0.3 is 6.09 Å². The van der Waals surface area contributed by atoms with Gasteiger partial charge in [-0.25, -0.2) is 9.78 Å². The average Bonchev–Trinajstić information content (AvgIpc) is 2.44. The summed E-state index contributed by atoms with van der Waals surface area (Å²) in [5.41, 5.74) is 0.807. The smallest absolute Gasteiger partial charge is 0.410 e. The first-order valence-corrected chi connectivity index (χ1v) is 8.85. The molecule has 1 amide bonds. The van der Waals surface area contributed by atoms with Gasteiger partial charge in [-0.15, -0.1) is 11.8 Å². The fourth-order valence-electron chi connectivity index (χ4n) is 2.48. The molecule has 4 nitrogen and oxygen atoms in total. The molecule has 0 radical (unpaired) electrons. The summed E-state index contributed by atoms with van der Waals surface area (Å²) in [5, 5.41) is 1.06. The minimum atomic E-state index is -0.426. The third-order valence-electron chi connectivity index (χ3n) is 3.53. The van der Waals surface area contributed by atoms with Gasteiger partial charge in [-0.3, -0.25) is 0 Å². The molecule has 1 atom stereocenters. The highest BCUT2D eigenvalue weighted by Crippen LogP contribution is 2.26. The molecular weight excluding hydrogens is 296 g/mol. The van der Waals surface area contributed by atoms with Gasteiger partial charge in [0.1, 0.15) is 5.60 Å². The monoisotopic (exact) mass is 322 g/mol. The van der Waals surface area contributed by atoms with Crippen molar-refractivity contribution in [3.05, 3.63) is 23.9 Å². The van der Waals surface area contributed by atoms with Crippen LogP contribution in [0, 0.1) is 12.8 Å². The standard InChI is InChI=1S/C17H26N2O2S/c1-13-7-8-18-15(10-13)22-12-14-6-5-9-19(11-14)16(20)21-17(2,3)4/h7-8,10,14H,5-6,9,11-12H2,1-4H3. The van der Waals surface area contributed by atoms with Crippen molar-refractivity contribution < 1.29 is 9.53 Å². The summed E-state index contributed by atoms with van der Waals surface area (Å²) >= 11 is 1.78. The van der Waals surface area contributed by atoms with Crippen LogP contribution >= 0.6 is 11.8 Å². The van der Waals surface area contributed by atoms with Crippen LogP contribution in [-0.2, 0) is 4.74 Å². The van der Waals surface area contributed by atoms with Gasteiger partial charge in [0.05, 0.1) is 5.03 Å². The summed E-state index contributed by atoms with van der Waals surface area (Å²) in [7, 11) is 0. The second kappa shape index (κ2) is 7.36. The average molecular weight is 322 g/mol. The summed E-state index contributed by atoms with van der Waals surface area (Å²) < 4.78 is 5.47. The lowest BCUT2D eigenvalue weighted by Crippen LogP contribution is -2.43. The number of piperidine rings is 1. The molecule has 1 aromatic heterocycles. The van der Waals surface area contributed by atoms with E-state index in [2.05, 4.69) is 18.0 Å². The van der Waals surface area contributed by atoms with E-state index >= 15 is 0 Å². The van der Waals surface area contributed by atoms with E-state index in [1.165, 1.54) is 5.56 Å². The van der Waals surface area contributed by atoms with Crippen molar-refractivity contribution in [2.45, 2.75) is 51.2 Å². The van der Waals surface area contributed by atoms with Gasteiger partial charge in [-0.05, 0) is 64.2 Å². The molecule has 1 aromatic rings. The van der Waals surface area contributed by atoms with Gasteiger partial charge in [0, 0.05) is 25.0 Å². The minimum Gasteiger partial charge on any atom is -0.444 e. The summed E-state index contributed by atoms with van der Waals surface area (Å²) in [6, 6.07) is 4.12. The Balaban J connectivity index is 1.84. The Hall–Kier alpha value is -1.23. The first-order valence-electron chi connectivity index (χ1n) is 7.87. The van der Waals surface area contributed by atoms with Gasteiger partial charge in [0.2, 0.25) is 0 Å². The molecule has 1 aliphatic rings. The molecule has 0 saturated carbocycles. The Morgan fingerprint density at radius 2 is 2.27 bits per heavy atom. The molecule has 1 saturated heterocycles. The topological polar surface area (TPSA) is 42.4 Å². The molecule has 1 unspecified atom stereocenters. The maximum Gasteiger partial charge on any atom is 0.410 e. The molecule has 0 spiro atoms. The van der Waals surface area contributed by atoms with Gasteiger partial charge < -0.3 is 9.64 Å². The lowest BCUT2D eigenvalue weighted by atomic mass is 10.0. The molecule has 0 N–H and O–H groups in total.